The molecule has 0 amide bonds. The minimum absolute atomic E-state index is 0.791. The van der Waals surface area contributed by atoms with Crippen LogP contribution in [0.15, 0.2) is 35.5 Å². The molecule has 0 saturated carbocycles. The highest BCUT2D eigenvalue weighted by Crippen LogP contribution is 2.16. The van der Waals surface area contributed by atoms with Crippen LogP contribution in [-0.2, 0) is 0 Å². The standard InChI is InChI=1S/C10H11N3S/c1-8-11-7-13(12-8)9-3-5-10(14-2)6-4-9/h3-7H,1-2H3. The molecule has 0 unspecified atom stereocenters. The van der Waals surface area contributed by atoms with Crippen molar-refractivity contribution in [3.8, 4) is 5.69 Å². The predicted molar refractivity (Wildman–Crippen MR) is 57.9 cm³/mol. The molecule has 0 atom stereocenters. The Kier molecular flexibility index (Phi) is 2.54. The van der Waals surface area contributed by atoms with Crippen molar-refractivity contribution in [2.45, 2.75) is 11.8 Å². The molecule has 3 nitrogen and oxygen atoms in total. The molecule has 1 heterocycles. The van der Waals surface area contributed by atoms with Crippen molar-refractivity contribution in [3.63, 3.8) is 0 Å². The molecule has 0 aliphatic rings. The molecule has 1 aromatic heterocycles. The first kappa shape index (κ1) is 9.27. The van der Waals surface area contributed by atoms with E-state index < -0.39 is 0 Å². The summed E-state index contributed by atoms with van der Waals surface area (Å²) in [5, 5.41) is 4.24. The van der Waals surface area contributed by atoms with Gasteiger partial charge in [-0.1, -0.05) is 0 Å². The number of rotatable bonds is 2. The fourth-order valence-electron chi connectivity index (χ4n) is 1.21. The van der Waals surface area contributed by atoms with Gasteiger partial charge in [-0.05, 0) is 37.4 Å². The minimum atomic E-state index is 0.791. The quantitative estimate of drug-likeness (QED) is 0.705. The van der Waals surface area contributed by atoms with E-state index in [2.05, 4.69) is 28.5 Å². The number of benzene rings is 1. The Hall–Kier alpha value is -1.29. The third-order valence-corrected chi connectivity index (χ3v) is 2.69. The van der Waals surface area contributed by atoms with Gasteiger partial charge in [-0.15, -0.1) is 11.8 Å². The third-order valence-electron chi connectivity index (χ3n) is 1.94. The summed E-state index contributed by atoms with van der Waals surface area (Å²) in [4.78, 5) is 5.34. The molecule has 0 fully saturated rings. The molecule has 2 rings (SSSR count). The summed E-state index contributed by atoms with van der Waals surface area (Å²) in [5.41, 5.74) is 1.04. The molecule has 4 heteroatoms. The van der Waals surface area contributed by atoms with Gasteiger partial charge in [0.25, 0.3) is 0 Å². The number of aryl methyl sites for hydroxylation is 1. The normalized spacial score (nSPS) is 10.4. The Labute approximate surface area is 87.2 Å². The molecule has 0 bridgehead atoms. The van der Waals surface area contributed by atoms with E-state index in [1.807, 2.05) is 19.1 Å². The van der Waals surface area contributed by atoms with Gasteiger partial charge in [-0.2, -0.15) is 5.10 Å². The topological polar surface area (TPSA) is 30.7 Å². The minimum Gasteiger partial charge on any atom is -0.221 e. The Morgan fingerprint density at radius 2 is 1.93 bits per heavy atom. The highest BCUT2D eigenvalue weighted by Gasteiger charge is 1.98. The summed E-state index contributed by atoms with van der Waals surface area (Å²) in [7, 11) is 0. The third kappa shape index (κ3) is 1.80. The van der Waals surface area contributed by atoms with Crippen LogP contribution in [-0.4, -0.2) is 21.0 Å². The number of hydrogen-bond acceptors (Lipinski definition) is 3. The van der Waals surface area contributed by atoms with Crippen molar-refractivity contribution in [1.29, 1.82) is 0 Å². The summed E-state index contributed by atoms with van der Waals surface area (Å²) < 4.78 is 1.78. The van der Waals surface area contributed by atoms with Crippen LogP contribution in [0, 0.1) is 6.92 Å². The molecular weight excluding hydrogens is 194 g/mol. The maximum atomic E-state index is 4.24. The highest BCUT2D eigenvalue weighted by molar-refractivity contribution is 7.98. The number of hydrogen-bond donors (Lipinski definition) is 0. The van der Waals surface area contributed by atoms with Crippen LogP contribution in [0.25, 0.3) is 5.69 Å². The van der Waals surface area contributed by atoms with Crippen LogP contribution in [0.4, 0.5) is 0 Å². The van der Waals surface area contributed by atoms with Crippen molar-refractivity contribution in [2.75, 3.05) is 6.26 Å². The molecule has 0 saturated heterocycles. The smallest absolute Gasteiger partial charge is 0.147 e. The van der Waals surface area contributed by atoms with Gasteiger partial charge in [0.15, 0.2) is 0 Å². The predicted octanol–water partition coefficient (Wildman–Crippen LogP) is 2.30. The maximum absolute atomic E-state index is 4.24. The van der Waals surface area contributed by atoms with Gasteiger partial charge in [0.05, 0.1) is 5.69 Å². The molecule has 72 valence electrons. The molecule has 0 aliphatic carbocycles. The number of aromatic nitrogens is 3. The van der Waals surface area contributed by atoms with E-state index in [-0.39, 0.29) is 0 Å². The van der Waals surface area contributed by atoms with Gasteiger partial charge >= 0.3 is 0 Å². The van der Waals surface area contributed by atoms with E-state index >= 15 is 0 Å². The SMILES string of the molecule is CSc1ccc(-n2cnc(C)n2)cc1. The second-order valence-corrected chi connectivity index (χ2v) is 3.81. The lowest BCUT2D eigenvalue weighted by Gasteiger charge is -2.00. The highest BCUT2D eigenvalue weighted by atomic mass is 32.2. The van der Waals surface area contributed by atoms with Gasteiger partial charge in [-0.3, -0.25) is 0 Å². The Morgan fingerprint density at radius 1 is 1.21 bits per heavy atom. The zero-order chi connectivity index (χ0) is 9.97. The largest absolute Gasteiger partial charge is 0.221 e. The first-order chi connectivity index (χ1) is 6.79. The van der Waals surface area contributed by atoms with Crippen LogP contribution >= 0.6 is 11.8 Å². The molecule has 0 spiro atoms. The van der Waals surface area contributed by atoms with Crippen LogP contribution in [0.5, 0.6) is 0 Å². The number of thioether (sulfide) groups is 1. The fraction of sp³-hybridized carbons (Fsp3) is 0.200. The lowest BCUT2D eigenvalue weighted by atomic mass is 10.3. The summed E-state index contributed by atoms with van der Waals surface area (Å²) >= 11 is 1.73. The first-order valence-electron chi connectivity index (χ1n) is 4.32. The molecule has 14 heavy (non-hydrogen) atoms. The Balaban J connectivity index is 2.33. The lowest BCUT2D eigenvalue weighted by molar-refractivity contribution is 0.861. The van der Waals surface area contributed by atoms with Crippen molar-refractivity contribution < 1.29 is 0 Å². The van der Waals surface area contributed by atoms with Crippen LogP contribution in [0.3, 0.4) is 0 Å². The first-order valence-corrected chi connectivity index (χ1v) is 5.55. The second-order valence-electron chi connectivity index (χ2n) is 2.93. The van der Waals surface area contributed by atoms with E-state index in [1.54, 1.807) is 22.8 Å². The van der Waals surface area contributed by atoms with E-state index in [1.165, 1.54) is 4.90 Å². The average Bonchev–Trinajstić information content (AvgIpc) is 2.65. The molecule has 0 aliphatic heterocycles. The van der Waals surface area contributed by atoms with Crippen LogP contribution in [0.1, 0.15) is 5.82 Å². The summed E-state index contributed by atoms with van der Waals surface area (Å²) in [6.45, 7) is 1.88. The van der Waals surface area contributed by atoms with Gasteiger partial charge in [0.2, 0.25) is 0 Å². The van der Waals surface area contributed by atoms with E-state index in [4.69, 9.17) is 0 Å². The van der Waals surface area contributed by atoms with Crippen molar-refractivity contribution in [2.24, 2.45) is 0 Å². The molecular formula is C10H11N3S. The molecule has 0 N–H and O–H groups in total. The second kappa shape index (κ2) is 3.84. The lowest BCUT2D eigenvalue weighted by Crippen LogP contribution is -1.94. The van der Waals surface area contributed by atoms with Gasteiger partial charge in [0.1, 0.15) is 12.2 Å². The average molecular weight is 205 g/mol. The van der Waals surface area contributed by atoms with Crippen molar-refractivity contribution in [1.82, 2.24) is 14.8 Å². The van der Waals surface area contributed by atoms with Gasteiger partial charge in [0, 0.05) is 4.90 Å². The maximum Gasteiger partial charge on any atom is 0.147 e. The summed E-state index contributed by atoms with van der Waals surface area (Å²) in [6, 6.07) is 8.24. The van der Waals surface area contributed by atoms with E-state index in [0.717, 1.165) is 11.5 Å². The molecule has 0 radical (unpaired) electrons. The van der Waals surface area contributed by atoms with Crippen LogP contribution in [0.2, 0.25) is 0 Å². The Bertz CT molecular complexity index is 419. The van der Waals surface area contributed by atoms with Crippen molar-refractivity contribution >= 4 is 11.8 Å². The zero-order valence-corrected chi connectivity index (χ0v) is 8.95. The van der Waals surface area contributed by atoms with Gasteiger partial charge in [-0.25, -0.2) is 9.67 Å². The fourth-order valence-corrected chi connectivity index (χ4v) is 1.61. The van der Waals surface area contributed by atoms with Gasteiger partial charge < -0.3 is 0 Å². The zero-order valence-electron chi connectivity index (χ0n) is 8.14. The van der Waals surface area contributed by atoms with E-state index in [0.29, 0.717) is 0 Å². The summed E-state index contributed by atoms with van der Waals surface area (Å²) in [5.74, 6) is 0.791. The number of nitrogens with zero attached hydrogens (tertiary/aromatic N) is 3. The summed E-state index contributed by atoms with van der Waals surface area (Å²) in [6.07, 6.45) is 3.79. The van der Waals surface area contributed by atoms with Crippen molar-refractivity contribution in [3.05, 3.63) is 36.4 Å². The van der Waals surface area contributed by atoms with E-state index in [9.17, 15) is 0 Å². The van der Waals surface area contributed by atoms with Crippen LogP contribution < -0.4 is 0 Å². The molecule has 1 aromatic carbocycles. The monoisotopic (exact) mass is 205 g/mol. The Morgan fingerprint density at radius 3 is 2.43 bits per heavy atom. The molecule has 2 aromatic rings.